The van der Waals surface area contributed by atoms with E-state index in [0.29, 0.717) is 16.8 Å². The molecule has 4 aromatic rings. The van der Waals surface area contributed by atoms with E-state index >= 15 is 0 Å². The Hall–Kier alpha value is -3.46. The van der Waals surface area contributed by atoms with E-state index in [9.17, 15) is 18.4 Å². The molecule has 0 aliphatic heterocycles. The van der Waals surface area contributed by atoms with Gasteiger partial charge in [0.2, 0.25) is 0 Å². The van der Waals surface area contributed by atoms with Crippen LogP contribution in [-0.4, -0.2) is 28.5 Å². The summed E-state index contributed by atoms with van der Waals surface area (Å²) >= 11 is 1.60. The van der Waals surface area contributed by atoms with Crippen LogP contribution in [0.5, 0.6) is 0 Å². The molecule has 0 unspecified atom stereocenters. The lowest BCUT2D eigenvalue weighted by Gasteiger charge is -2.08. The van der Waals surface area contributed by atoms with Crippen LogP contribution in [0.4, 0.5) is 8.78 Å². The van der Waals surface area contributed by atoms with Gasteiger partial charge >= 0.3 is 5.97 Å². The van der Waals surface area contributed by atoms with Crippen molar-refractivity contribution in [2.75, 3.05) is 6.61 Å². The highest BCUT2D eigenvalue weighted by Crippen LogP contribution is 2.33. The van der Waals surface area contributed by atoms with Crippen molar-refractivity contribution in [1.82, 2.24) is 10.1 Å². The first-order chi connectivity index (χ1) is 14.7. The van der Waals surface area contributed by atoms with E-state index in [1.807, 2.05) is 19.9 Å². The molecule has 0 saturated heterocycles. The van der Waals surface area contributed by atoms with Gasteiger partial charge in [-0.1, -0.05) is 5.16 Å². The molecule has 0 N–H and O–H groups in total. The highest BCUT2D eigenvalue weighted by atomic mass is 32.1. The first-order valence-corrected chi connectivity index (χ1v) is 10.1. The molecule has 3 heterocycles. The molecule has 31 heavy (non-hydrogen) atoms. The average Bonchev–Trinajstić information content (AvgIpc) is 3.28. The maximum Gasteiger partial charge on any atom is 0.339 e. The molecule has 0 atom stereocenters. The Morgan fingerprint density at radius 1 is 1.10 bits per heavy atom. The zero-order chi connectivity index (χ0) is 22.3. The second kappa shape index (κ2) is 7.99. The standard InChI is InChI=1S/C22H16F2N2O4S/c1-10-6-14(12(3)31-10)18-8-15(20-11(2)26-30-21(20)25-18)22(28)29-9-19(27)13-4-5-16(23)17(24)7-13/h4-8H,9H2,1-3H3. The van der Waals surface area contributed by atoms with Crippen LogP contribution in [0.2, 0.25) is 0 Å². The molecule has 0 saturated carbocycles. The second-order valence-corrected chi connectivity index (χ2v) is 8.42. The number of carbonyl (C=O) groups excluding carboxylic acids is 2. The van der Waals surface area contributed by atoms with Gasteiger partial charge in [0.1, 0.15) is 0 Å². The molecule has 4 rings (SSSR count). The molecular formula is C22H16F2N2O4S. The van der Waals surface area contributed by atoms with Crippen LogP contribution in [-0.2, 0) is 4.74 Å². The van der Waals surface area contributed by atoms with Crippen molar-refractivity contribution in [3.63, 3.8) is 0 Å². The number of thiophene rings is 1. The van der Waals surface area contributed by atoms with Gasteiger partial charge in [0.15, 0.2) is 24.0 Å². The van der Waals surface area contributed by atoms with Crippen LogP contribution >= 0.6 is 11.3 Å². The molecule has 0 bridgehead atoms. The van der Waals surface area contributed by atoms with Crippen LogP contribution in [0.25, 0.3) is 22.4 Å². The Balaban J connectivity index is 1.65. The summed E-state index contributed by atoms with van der Waals surface area (Å²) in [5, 5.41) is 4.26. The molecule has 9 heteroatoms. The predicted molar refractivity (Wildman–Crippen MR) is 110 cm³/mol. The van der Waals surface area contributed by atoms with Crippen molar-refractivity contribution >= 4 is 34.2 Å². The highest BCUT2D eigenvalue weighted by molar-refractivity contribution is 7.12. The molecule has 0 spiro atoms. The lowest BCUT2D eigenvalue weighted by atomic mass is 10.1. The smallest absolute Gasteiger partial charge is 0.339 e. The summed E-state index contributed by atoms with van der Waals surface area (Å²) < 4.78 is 36.9. The maximum absolute atomic E-state index is 13.4. The Kier molecular flexibility index (Phi) is 5.36. The minimum Gasteiger partial charge on any atom is -0.454 e. The van der Waals surface area contributed by atoms with Crippen LogP contribution in [0.15, 0.2) is 34.9 Å². The van der Waals surface area contributed by atoms with Crippen molar-refractivity contribution < 1.29 is 27.6 Å². The summed E-state index contributed by atoms with van der Waals surface area (Å²) in [7, 11) is 0. The molecule has 3 aromatic heterocycles. The van der Waals surface area contributed by atoms with Gasteiger partial charge < -0.3 is 9.26 Å². The number of ether oxygens (including phenoxy) is 1. The Morgan fingerprint density at radius 2 is 1.87 bits per heavy atom. The third-order valence-corrected chi connectivity index (χ3v) is 5.70. The third-order valence-electron chi connectivity index (χ3n) is 4.73. The number of carbonyl (C=O) groups is 2. The quantitative estimate of drug-likeness (QED) is 0.312. The minimum absolute atomic E-state index is 0.0993. The lowest BCUT2D eigenvalue weighted by Crippen LogP contribution is -2.15. The van der Waals surface area contributed by atoms with E-state index in [0.717, 1.165) is 33.5 Å². The zero-order valence-electron chi connectivity index (χ0n) is 16.8. The summed E-state index contributed by atoms with van der Waals surface area (Å²) in [5.74, 6) is -3.66. The number of esters is 1. The van der Waals surface area contributed by atoms with E-state index in [2.05, 4.69) is 10.1 Å². The molecular weight excluding hydrogens is 426 g/mol. The van der Waals surface area contributed by atoms with Crippen LogP contribution in [0.3, 0.4) is 0 Å². The number of pyridine rings is 1. The summed E-state index contributed by atoms with van der Waals surface area (Å²) in [6.07, 6.45) is 0. The number of fused-ring (bicyclic) bond motifs is 1. The van der Waals surface area contributed by atoms with Crippen molar-refractivity contribution in [2.24, 2.45) is 0 Å². The van der Waals surface area contributed by atoms with E-state index < -0.39 is 30.0 Å². The molecule has 158 valence electrons. The van der Waals surface area contributed by atoms with Gasteiger partial charge in [0, 0.05) is 20.9 Å². The molecule has 6 nitrogen and oxygen atoms in total. The van der Waals surface area contributed by atoms with Crippen molar-refractivity contribution in [3.05, 3.63) is 68.5 Å². The van der Waals surface area contributed by atoms with E-state index in [-0.39, 0.29) is 16.8 Å². The summed E-state index contributed by atoms with van der Waals surface area (Å²) in [4.78, 5) is 31.7. The number of aryl methyl sites for hydroxylation is 3. The van der Waals surface area contributed by atoms with Gasteiger partial charge in [-0.2, -0.15) is 0 Å². The average molecular weight is 442 g/mol. The van der Waals surface area contributed by atoms with Crippen molar-refractivity contribution in [3.8, 4) is 11.3 Å². The van der Waals surface area contributed by atoms with Gasteiger partial charge in [0.05, 0.1) is 22.3 Å². The SMILES string of the molecule is Cc1cc(-c2cc(C(=O)OCC(=O)c3ccc(F)c(F)c3)c3c(C)noc3n2)c(C)s1. The number of rotatable bonds is 5. The van der Waals surface area contributed by atoms with Crippen molar-refractivity contribution in [2.45, 2.75) is 20.8 Å². The van der Waals surface area contributed by atoms with Crippen LogP contribution < -0.4 is 0 Å². The first kappa shape index (κ1) is 20.8. The number of aromatic nitrogens is 2. The fraction of sp³-hybridized carbons (Fsp3) is 0.182. The molecule has 0 aliphatic rings. The van der Waals surface area contributed by atoms with E-state index in [1.54, 1.807) is 24.3 Å². The zero-order valence-corrected chi connectivity index (χ0v) is 17.6. The number of halogens is 2. The predicted octanol–water partition coefficient (Wildman–Crippen LogP) is 5.19. The number of nitrogens with zero attached hydrogens (tertiary/aromatic N) is 2. The summed E-state index contributed by atoms with van der Waals surface area (Å²) in [6, 6.07) is 6.27. The van der Waals surface area contributed by atoms with Gasteiger partial charge in [-0.05, 0) is 51.1 Å². The molecule has 1 aromatic carbocycles. The minimum atomic E-state index is -1.15. The topological polar surface area (TPSA) is 82.3 Å². The normalized spacial score (nSPS) is 11.1. The number of Topliss-reactive ketones (excluding diaryl/α,β-unsaturated/α-hetero) is 1. The molecule has 0 radical (unpaired) electrons. The maximum atomic E-state index is 13.4. The van der Waals surface area contributed by atoms with Gasteiger partial charge in [-0.3, -0.25) is 4.79 Å². The molecule has 0 fully saturated rings. The summed E-state index contributed by atoms with van der Waals surface area (Å²) in [5.41, 5.74) is 2.05. The number of benzene rings is 1. The van der Waals surface area contributed by atoms with Crippen molar-refractivity contribution in [1.29, 1.82) is 0 Å². The monoisotopic (exact) mass is 442 g/mol. The molecule has 0 amide bonds. The number of hydrogen-bond donors (Lipinski definition) is 0. The first-order valence-electron chi connectivity index (χ1n) is 9.24. The number of ketones is 1. The largest absolute Gasteiger partial charge is 0.454 e. The Labute approximate surface area is 179 Å². The van der Waals surface area contributed by atoms with Crippen LogP contribution in [0.1, 0.15) is 36.2 Å². The Morgan fingerprint density at radius 3 is 2.55 bits per heavy atom. The fourth-order valence-electron chi connectivity index (χ4n) is 3.24. The van der Waals surface area contributed by atoms with Gasteiger partial charge in [-0.15, -0.1) is 11.3 Å². The van der Waals surface area contributed by atoms with E-state index in [4.69, 9.17) is 9.26 Å². The van der Waals surface area contributed by atoms with Gasteiger partial charge in [0.25, 0.3) is 5.71 Å². The Bertz CT molecular complexity index is 1340. The summed E-state index contributed by atoms with van der Waals surface area (Å²) in [6.45, 7) is 4.95. The van der Waals surface area contributed by atoms with Crippen LogP contribution in [0, 0.1) is 32.4 Å². The second-order valence-electron chi connectivity index (χ2n) is 6.96. The lowest BCUT2D eigenvalue weighted by molar-refractivity contribution is 0.0476. The fourth-order valence-corrected chi connectivity index (χ4v) is 4.17. The molecule has 0 aliphatic carbocycles. The van der Waals surface area contributed by atoms with Gasteiger partial charge in [-0.25, -0.2) is 18.6 Å². The number of hydrogen-bond acceptors (Lipinski definition) is 7. The van der Waals surface area contributed by atoms with E-state index in [1.165, 1.54) is 0 Å². The highest BCUT2D eigenvalue weighted by Gasteiger charge is 2.22. The third kappa shape index (κ3) is 3.96.